The third-order valence-corrected chi connectivity index (χ3v) is 4.84. The number of phenolic OH excluding ortho intramolecular Hbond substituents is 1. The molecule has 0 spiro atoms. The van der Waals surface area contributed by atoms with Crippen LogP contribution in [0.5, 0.6) is 5.75 Å². The summed E-state index contributed by atoms with van der Waals surface area (Å²) in [5.74, 6) is -0.0718. The van der Waals surface area contributed by atoms with Crippen LogP contribution in [0, 0.1) is 0 Å². The monoisotopic (exact) mass is 362 g/mol. The first-order valence-corrected chi connectivity index (χ1v) is 9.10. The summed E-state index contributed by atoms with van der Waals surface area (Å²) in [6.45, 7) is 3.63. The largest absolute Gasteiger partial charge is 0.507 e. The Bertz CT molecular complexity index is 915. The highest BCUT2D eigenvalue weighted by Crippen LogP contribution is 2.19. The molecule has 138 valence electrons. The zero-order chi connectivity index (χ0) is 18.6. The zero-order valence-corrected chi connectivity index (χ0v) is 15.0. The number of hydrogen-bond donors (Lipinski definition) is 1. The second kappa shape index (κ2) is 7.63. The maximum atomic E-state index is 12.6. The molecule has 2 aromatic carbocycles. The molecule has 1 amide bonds. The van der Waals surface area contributed by atoms with Crippen molar-refractivity contribution in [3.05, 3.63) is 78.1 Å². The van der Waals surface area contributed by atoms with Crippen molar-refractivity contribution in [1.82, 2.24) is 19.6 Å². The Morgan fingerprint density at radius 3 is 2.37 bits per heavy atom. The Kier molecular flexibility index (Phi) is 4.89. The molecule has 0 unspecified atom stereocenters. The van der Waals surface area contributed by atoms with Gasteiger partial charge in [-0.3, -0.25) is 9.69 Å². The van der Waals surface area contributed by atoms with Gasteiger partial charge in [0.15, 0.2) is 0 Å². The van der Waals surface area contributed by atoms with Crippen molar-refractivity contribution >= 4 is 5.91 Å². The Balaban J connectivity index is 1.34. The number of nitrogens with zero attached hydrogens (tertiary/aromatic N) is 4. The van der Waals surface area contributed by atoms with E-state index in [-0.39, 0.29) is 11.7 Å². The number of rotatable bonds is 4. The van der Waals surface area contributed by atoms with Crippen LogP contribution in [0.2, 0.25) is 0 Å². The van der Waals surface area contributed by atoms with Crippen molar-refractivity contribution < 1.29 is 9.90 Å². The van der Waals surface area contributed by atoms with E-state index in [1.165, 1.54) is 0 Å². The summed E-state index contributed by atoms with van der Waals surface area (Å²) in [4.78, 5) is 16.7. The SMILES string of the molecule is O=C(c1ccccc1O)N1CCN(Cc2ccn(-c3ccccc3)n2)CC1. The molecule has 3 aromatic rings. The van der Waals surface area contributed by atoms with Crippen molar-refractivity contribution in [2.45, 2.75) is 6.54 Å². The topological polar surface area (TPSA) is 61.6 Å². The lowest BCUT2D eigenvalue weighted by atomic mass is 10.1. The van der Waals surface area contributed by atoms with Crippen LogP contribution in [-0.4, -0.2) is 56.8 Å². The van der Waals surface area contributed by atoms with Gasteiger partial charge >= 0.3 is 0 Å². The summed E-state index contributed by atoms with van der Waals surface area (Å²) >= 11 is 0. The summed E-state index contributed by atoms with van der Waals surface area (Å²) < 4.78 is 1.88. The van der Waals surface area contributed by atoms with Crippen LogP contribution >= 0.6 is 0 Å². The fraction of sp³-hybridized carbons (Fsp3) is 0.238. The molecule has 0 atom stereocenters. The van der Waals surface area contributed by atoms with Crippen LogP contribution in [0.4, 0.5) is 0 Å². The summed E-state index contributed by atoms with van der Waals surface area (Å²) in [5.41, 5.74) is 2.42. The van der Waals surface area contributed by atoms with Gasteiger partial charge in [0.1, 0.15) is 5.75 Å². The molecule has 27 heavy (non-hydrogen) atoms. The van der Waals surface area contributed by atoms with E-state index in [9.17, 15) is 9.90 Å². The van der Waals surface area contributed by atoms with Gasteiger partial charge in [-0.15, -0.1) is 0 Å². The lowest BCUT2D eigenvalue weighted by Gasteiger charge is -2.34. The van der Waals surface area contributed by atoms with Gasteiger partial charge in [-0.25, -0.2) is 4.68 Å². The van der Waals surface area contributed by atoms with E-state index >= 15 is 0 Å². The normalized spacial score (nSPS) is 15.0. The van der Waals surface area contributed by atoms with Crippen molar-refractivity contribution in [1.29, 1.82) is 0 Å². The highest BCUT2D eigenvalue weighted by molar-refractivity contribution is 5.96. The number of carbonyl (C=O) groups excluding carboxylic acids is 1. The number of aromatic nitrogens is 2. The van der Waals surface area contributed by atoms with E-state index in [4.69, 9.17) is 0 Å². The summed E-state index contributed by atoms with van der Waals surface area (Å²) in [6, 6.07) is 18.8. The van der Waals surface area contributed by atoms with Gasteiger partial charge in [0, 0.05) is 38.9 Å². The molecule has 1 saturated heterocycles. The van der Waals surface area contributed by atoms with E-state index in [0.717, 1.165) is 31.0 Å². The molecule has 1 fully saturated rings. The third kappa shape index (κ3) is 3.85. The minimum absolute atomic E-state index is 0.0383. The molecule has 0 radical (unpaired) electrons. The molecule has 1 aliphatic heterocycles. The molecule has 6 heteroatoms. The first-order valence-electron chi connectivity index (χ1n) is 9.10. The number of amides is 1. The Labute approximate surface area is 158 Å². The minimum atomic E-state index is -0.110. The lowest BCUT2D eigenvalue weighted by molar-refractivity contribution is 0.0624. The molecule has 0 bridgehead atoms. The number of carbonyl (C=O) groups is 1. The maximum absolute atomic E-state index is 12.6. The standard InChI is InChI=1S/C21H22N4O2/c26-20-9-5-4-8-19(20)21(27)24-14-12-23(13-15-24)16-17-10-11-25(22-17)18-6-2-1-3-7-18/h1-11,26H,12-16H2. The van der Waals surface area contributed by atoms with Crippen molar-refractivity contribution in [2.75, 3.05) is 26.2 Å². The predicted molar refractivity (Wildman–Crippen MR) is 103 cm³/mol. The molecule has 1 aromatic heterocycles. The molecular formula is C21H22N4O2. The van der Waals surface area contributed by atoms with Crippen LogP contribution < -0.4 is 0 Å². The molecule has 1 N–H and O–H groups in total. The molecule has 0 saturated carbocycles. The van der Waals surface area contributed by atoms with E-state index < -0.39 is 0 Å². The van der Waals surface area contributed by atoms with Crippen molar-refractivity contribution in [3.8, 4) is 11.4 Å². The molecule has 6 nitrogen and oxygen atoms in total. The number of piperazine rings is 1. The van der Waals surface area contributed by atoms with Gasteiger partial charge in [0.05, 0.1) is 16.9 Å². The first-order chi connectivity index (χ1) is 13.2. The minimum Gasteiger partial charge on any atom is -0.507 e. The summed E-state index contributed by atoms with van der Waals surface area (Å²) in [6.07, 6.45) is 1.97. The van der Waals surface area contributed by atoms with E-state index in [1.54, 1.807) is 29.2 Å². The highest BCUT2D eigenvalue weighted by Gasteiger charge is 2.24. The fourth-order valence-corrected chi connectivity index (χ4v) is 3.33. The second-order valence-corrected chi connectivity index (χ2v) is 6.67. The average Bonchev–Trinajstić information content (AvgIpc) is 3.18. The summed E-state index contributed by atoms with van der Waals surface area (Å²) in [7, 11) is 0. The lowest BCUT2D eigenvalue weighted by Crippen LogP contribution is -2.48. The molecule has 2 heterocycles. The fourth-order valence-electron chi connectivity index (χ4n) is 3.33. The molecule has 1 aliphatic rings. The van der Waals surface area contributed by atoms with E-state index in [0.29, 0.717) is 18.7 Å². The van der Waals surface area contributed by atoms with Crippen LogP contribution in [0.25, 0.3) is 5.69 Å². The molecular weight excluding hydrogens is 340 g/mol. The van der Waals surface area contributed by atoms with Gasteiger partial charge < -0.3 is 10.0 Å². The van der Waals surface area contributed by atoms with Gasteiger partial charge in [-0.05, 0) is 30.3 Å². The summed E-state index contributed by atoms with van der Waals surface area (Å²) in [5, 5.41) is 14.5. The van der Waals surface area contributed by atoms with E-state index in [1.807, 2.05) is 47.3 Å². The van der Waals surface area contributed by atoms with Crippen LogP contribution in [0.1, 0.15) is 16.1 Å². The predicted octanol–water partition coefficient (Wildman–Crippen LogP) is 2.54. The number of benzene rings is 2. The quantitative estimate of drug-likeness (QED) is 0.775. The van der Waals surface area contributed by atoms with Crippen molar-refractivity contribution in [2.24, 2.45) is 0 Å². The van der Waals surface area contributed by atoms with Crippen LogP contribution in [-0.2, 0) is 6.54 Å². The van der Waals surface area contributed by atoms with Crippen LogP contribution in [0.15, 0.2) is 66.9 Å². The number of phenols is 1. The Morgan fingerprint density at radius 1 is 0.926 bits per heavy atom. The number of para-hydroxylation sites is 2. The van der Waals surface area contributed by atoms with Gasteiger partial charge in [-0.2, -0.15) is 5.10 Å². The highest BCUT2D eigenvalue weighted by atomic mass is 16.3. The van der Waals surface area contributed by atoms with Gasteiger partial charge in [0.2, 0.25) is 0 Å². The Hall–Kier alpha value is -3.12. The second-order valence-electron chi connectivity index (χ2n) is 6.67. The third-order valence-electron chi connectivity index (χ3n) is 4.84. The smallest absolute Gasteiger partial charge is 0.257 e. The van der Waals surface area contributed by atoms with Crippen molar-refractivity contribution in [3.63, 3.8) is 0 Å². The first kappa shape index (κ1) is 17.3. The average molecular weight is 362 g/mol. The van der Waals surface area contributed by atoms with E-state index in [2.05, 4.69) is 10.00 Å². The van der Waals surface area contributed by atoms with Gasteiger partial charge in [0.25, 0.3) is 5.91 Å². The number of aromatic hydroxyl groups is 1. The maximum Gasteiger partial charge on any atom is 0.257 e. The molecule has 4 rings (SSSR count). The Morgan fingerprint density at radius 2 is 1.63 bits per heavy atom. The zero-order valence-electron chi connectivity index (χ0n) is 15.0. The van der Waals surface area contributed by atoms with Gasteiger partial charge in [-0.1, -0.05) is 30.3 Å². The van der Waals surface area contributed by atoms with Crippen LogP contribution in [0.3, 0.4) is 0 Å². The molecule has 0 aliphatic carbocycles. The number of hydrogen-bond acceptors (Lipinski definition) is 4.